The van der Waals surface area contributed by atoms with E-state index >= 15 is 0 Å². The summed E-state index contributed by atoms with van der Waals surface area (Å²) in [6.07, 6.45) is 7.69. The number of hydrogen-bond acceptors (Lipinski definition) is 3. The van der Waals surface area contributed by atoms with Crippen LogP contribution in [0, 0.1) is 0 Å². The Balaban J connectivity index is 1.93. The molecule has 0 saturated heterocycles. The molecule has 0 aromatic carbocycles. The Kier molecular flexibility index (Phi) is 2.91. The monoisotopic (exact) mass is 252 g/mol. The first kappa shape index (κ1) is 11.7. The molecule has 96 valence electrons. The number of fused-ring (bicyclic) bond motifs is 1. The van der Waals surface area contributed by atoms with Crippen molar-refractivity contribution in [3.8, 4) is 0 Å². The maximum Gasteiger partial charge on any atom is 0.137 e. The predicted molar refractivity (Wildman–Crippen MR) is 76.8 cm³/mol. The van der Waals surface area contributed by atoms with E-state index in [1.807, 2.05) is 34.9 Å². The molecule has 0 amide bonds. The highest BCUT2D eigenvalue weighted by Crippen LogP contribution is 2.19. The minimum atomic E-state index is 0.439. The molecular weight excluding hydrogens is 236 g/mol. The fraction of sp³-hybridized carbons (Fsp3) is 0.200. The van der Waals surface area contributed by atoms with Crippen molar-refractivity contribution < 1.29 is 0 Å². The Morgan fingerprint density at radius 2 is 2.00 bits per heavy atom. The molecule has 0 spiro atoms. The van der Waals surface area contributed by atoms with Crippen LogP contribution in [0.15, 0.2) is 49.1 Å². The molecule has 0 saturated carbocycles. The van der Waals surface area contributed by atoms with E-state index in [1.54, 1.807) is 12.4 Å². The molecule has 0 atom stereocenters. The number of rotatable bonds is 3. The Morgan fingerprint density at radius 1 is 1.11 bits per heavy atom. The maximum atomic E-state index is 4.58. The van der Waals surface area contributed by atoms with Crippen LogP contribution in [-0.2, 0) is 0 Å². The van der Waals surface area contributed by atoms with Gasteiger partial charge in [-0.1, -0.05) is 13.8 Å². The summed E-state index contributed by atoms with van der Waals surface area (Å²) >= 11 is 0. The largest absolute Gasteiger partial charge is 0.353 e. The van der Waals surface area contributed by atoms with E-state index in [1.165, 1.54) is 0 Å². The van der Waals surface area contributed by atoms with Crippen LogP contribution in [0.2, 0.25) is 0 Å². The van der Waals surface area contributed by atoms with Crippen molar-refractivity contribution in [2.75, 3.05) is 5.32 Å². The second-order valence-electron chi connectivity index (χ2n) is 4.87. The molecule has 0 bridgehead atoms. The van der Waals surface area contributed by atoms with Gasteiger partial charge in [0.25, 0.3) is 0 Å². The molecule has 0 unspecified atom stereocenters. The lowest BCUT2D eigenvalue weighted by molar-refractivity contribution is 0.834. The summed E-state index contributed by atoms with van der Waals surface area (Å²) in [5.41, 5.74) is 4.08. The average Bonchev–Trinajstić information content (AvgIpc) is 2.83. The summed E-state index contributed by atoms with van der Waals surface area (Å²) in [6, 6.07) is 7.95. The molecule has 4 nitrogen and oxygen atoms in total. The number of nitrogens with zero attached hydrogens (tertiary/aromatic N) is 3. The first-order valence-electron chi connectivity index (χ1n) is 6.38. The van der Waals surface area contributed by atoms with Gasteiger partial charge in [0, 0.05) is 18.6 Å². The zero-order valence-corrected chi connectivity index (χ0v) is 11.0. The van der Waals surface area contributed by atoms with Crippen LogP contribution >= 0.6 is 0 Å². The van der Waals surface area contributed by atoms with E-state index in [4.69, 9.17) is 0 Å². The van der Waals surface area contributed by atoms with Crippen molar-refractivity contribution in [3.63, 3.8) is 0 Å². The van der Waals surface area contributed by atoms with E-state index in [0.717, 1.165) is 22.7 Å². The standard InChI is InChI=1S/C15H16N4/c1-11(2)14-10-19-9-13(5-6-15(19)18-14)17-12-4-3-7-16-8-12/h3-11,17H,1-2H3. The topological polar surface area (TPSA) is 42.2 Å². The van der Waals surface area contributed by atoms with Gasteiger partial charge >= 0.3 is 0 Å². The molecular formula is C15H16N4. The number of imidazole rings is 1. The number of hydrogen-bond donors (Lipinski definition) is 1. The van der Waals surface area contributed by atoms with Crippen LogP contribution in [0.3, 0.4) is 0 Å². The van der Waals surface area contributed by atoms with Gasteiger partial charge in [0.1, 0.15) is 5.65 Å². The van der Waals surface area contributed by atoms with Crippen LogP contribution < -0.4 is 5.32 Å². The number of nitrogens with one attached hydrogen (secondary N) is 1. The highest BCUT2D eigenvalue weighted by atomic mass is 15.0. The third-order valence-electron chi connectivity index (χ3n) is 3.01. The van der Waals surface area contributed by atoms with Gasteiger partial charge in [-0.15, -0.1) is 0 Å². The van der Waals surface area contributed by atoms with E-state index in [-0.39, 0.29) is 0 Å². The summed E-state index contributed by atoms with van der Waals surface area (Å²) in [5, 5.41) is 3.32. The van der Waals surface area contributed by atoms with Crippen LogP contribution in [0.5, 0.6) is 0 Å². The highest BCUT2D eigenvalue weighted by Gasteiger charge is 2.05. The zero-order chi connectivity index (χ0) is 13.2. The third-order valence-corrected chi connectivity index (χ3v) is 3.01. The fourth-order valence-electron chi connectivity index (χ4n) is 1.97. The van der Waals surface area contributed by atoms with Crippen LogP contribution in [-0.4, -0.2) is 14.4 Å². The molecule has 0 radical (unpaired) electrons. The first-order chi connectivity index (χ1) is 9.22. The molecule has 4 heteroatoms. The van der Waals surface area contributed by atoms with Gasteiger partial charge in [0.05, 0.1) is 23.3 Å². The predicted octanol–water partition coefficient (Wildman–Crippen LogP) is 3.60. The molecule has 0 aliphatic rings. The molecule has 3 aromatic heterocycles. The Hall–Kier alpha value is -2.36. The smallest absolute Gasteiger partial charge is 0.137 e. The molecule has 3 rings (SSSR count). The summed E-state index contributed by atoms with van der Waals surface area (Å²) in [5.74, 6) is 0.439. The van der Waals surface area contributed by atoms with E-state index in [0.29, 0.717) is 5.92 Å². The van der Waals surface area contributed by atoms with Gasteiger partial charge in [-0.05, 0) is 30.2 Å². The quantitative estimate of drug-likeness (QED) is 0.774. The first-order valence-corrected chi connectivity index (χ1v) is 6.38. The Bertz CT molecular complexity index is 686. The van der Waals surface area contributed by atoms with E-state index in [2.05, 4.69) is 35.3 Å². The third kappa shape index (κ3) is 2.42. The van der Waals surface area contributed by atoms with E-state index in [9.17, 15) is 0 Å². The van der Waals surface area contributed by atoms with Gasteiger partial charge < -0.3 is 9.72 Å². The summed E-state index contributed by atoms with van der Waals surface area (Å²) in [6.45, 7) is 4.30. The lowest BCUT2D eigenvalue weighted by atomic mass is 10.2. The minimum Gasteiger partial charge on any atom is -0.353 e. The lowest BCUT2D eigenvalue weighted by Crippen LogP contribution is -1.93. The average molecular weight is 252 g/mol. The zero-order valence-electron chi connectivity index (χ0n) is 11.0. The molecule has 0 aliphatic heterocycles. The normalized spacial score (nSPS) is 11.1. The van der Waals surface area contributed by atoms with Crippen molar-refractivity contribution in [1.29, 1.82) is 0 Å². The summed E-state index contributed by atoms with van der Waals surface area (Å²) < 4.78 is 2.05. The maximum absolute atomic E-state index is 4.58. The highest BCUT2D eigenvalue weighted by molar-refractivity contribution is 5.60. The molecule has 19 heavy (non-hydrogen) atoms. The molecule has 0 aliphatic carbocycles. The van der Waals surface area contributed by atoms with Crippen LogP contribution in [0.1, 0.15) is 25.5 Å². The van der Waals surface area contributed by atoms with Gasteiger partial charge in [-0.2, -0.15) is 0 Å². The van der Waals surface area contributed by atoms with Crippen molar-refractivity contribution >= 4 is 17.0 Å². The van der Waals surface area contributed by atoms with E-state index < -0.39 is 0 Å². The summed E-state index contributed by atoms with van der Waals surface area (Å²) in [4.78, 5) is 8.67. The molecule has 0 fully saturated rings. The Morgan fingerprint density at radius 3 is 2.74 bits per heavy atom. The minimum absolute atomic E-state index is 0.439. The molecule has 1 N–H and O–H groups in total. The Labute approximate surface area is 112 Å². The van der Waals surface area contributed by atoms with Crippen LogP contribution in [0.25, 0.3) is 5.65 Å². The molecule has 3 aromatic rings. The van der Waals surface area contributed by atoms with Gasteiger partial charge in [-0.3, -0.25) is 4.98 Å². The second kappa shape index (κ2) is 4.72. The number of aromatic nitrogens is 3. The van der Waals surface area contributed by atoms with Gasteiger partial charge in [0.2, 0.25) is 0 Å². The van der Waals surface area contributed by atoms with Crippen molar-refractivity contribution in [1.82, 2.24) is 14.4 Å². The van der Waals surface area contributed by atoms with Crippen molar-refractivity contribution in [2.24, 2.45) is 0 Å². The lowest BCUT2D eigenvalue weighted by Gasteiger charge is -2.05. The van der Waals surface area contributed by atoms with Crippen molar-refractivity contribution in [3.05, 3.63) is 54.7 Å². The van der Waals surface area contributed by atoms with Crippen molar-refractivity contribution in [2.45, 2.75) is 19.8 Å². The van der Waals surface area contributed by atoms with Gasteiger partial charge in [-0.25, -0.2) is 4.98 Å². The molecule has 3 heterocycles. The number of pyridine rings is 2. The summed E-state index contributed by atoms with van der Waals surface area (Å²) in [7, 11) is 0. The fourth-order valence-corrected chi connectivity index (χ4v) is 1.97. The van der Waals surface area contributed by atoms with Crippen LogP contribution in [0.4, 0.5) is 11.4 Å². The SMILES string of the molecule is CC(C)c1cn2cc(Nc3cccnc3)ccc2n1. The second-order valence-corrected chi connectivity index (χ2v) is 4.87. The van der Waals surface area contributed by atoms with Gasteiger partial charge in [0.15, 0.2) is 0 Å². The number of anilines is 2.